The van der Waals surface area contributed by atoms with Gasteiger partial charge in [0.2, 0.25) is 11.8 Å². The maximum absolute atomic E-state index is 11.9. The first-order valence-corrected chi connectivity index (χ1v) is 9.53. The van der Waals surface area contributed by atoms with E-state index in [1.807, 2.05) is 49.4 Å². The largest absolute Gasteiger partial charge is 0.436 e. The molecular weight excluding hydrogens is 384 g/mol. The monoisotopic (exact) mass is 406 g/mol. The van der Waals surface area contributed by atoms with Crippen LogP contribution in [0.3, 0.4) is 0 Å². The smallest absolute Gasteiger partial charge is 0.250 e. The van der Waals surface area contributed by atoms with Crippen LogP contribution in [0.2, 0.25) is 0 Å². The number of anilines is 1. The third-order valence-electron chi connectivity index (χ3n) is 4.60. The number of benzene rings is 2. The van der Waals surface area contributed by atoms with Crippen LogP contribution in [0.5, 0.6) is 0 Å². The second-order valence-electron chi connectivity index (χ2n) is 6.76. The van der Waals surface area contributed by atoms with Crippen molar-refractivity contribution in [3.05, 3.63) is 54.2 Å². The van der Waals surface area contributed by atoms with Crippen molar-refractivity contribution < 1.29 is 18.7 Å². The second kappa shape index (κ2) is 8.89. The summed E-state index contributed by atoms with van der Waals surface area (Å²) in [5.41, 5.74) is 5.68. The molecule has 0 unspecified atom stereocenters. The maximum atomic E-state index is 11.9. The van der Waals surface area contributed by atoms with Crippen LogP contribution in [-0.4, -0.2) is 48.0 Å². The van der Waals surface area contributed by atoms with Gasteiger partial charge in [-0.2, -0.15) is 5.10 Å². The summed E-state index contributed by atoms with van der Waals surface area (Å²) in [7, 11) is 1.58. The summed E-state index contributed by atoms with van der Waals surface area (Å²) in [5.74, 6) is 0.287. The molecule has 2 aromatic heterocycles. The van der Waals surface area contributed by atoms with Crippen LogP contribution < -0.4 is 5.32 Å². The zero-order valence-corrected chi connectivity index (χ0v) is 16.8. The molecule has 2 aromatic carbocycles. The summed E-state index contributed by atoms with van der Waals surface area (Å²) in [5, 5.41) is 10.0. The number of oxazole rings is 1. The summed E-state index contributed by atoms with van der Waals surface area (Å²) < 4.78 is 16.0. The van der Waals surface area contributed by atoms with Crippen LogP contribution in [-0.2, 0) is 14.3 Å². The Morgan fingerprint density at radius 2 is 2.00 bits per heavy atom. The topological polar surface area (TPSA) is 102 Å². The summed E-state index contributed by atoms with van der Waals surface area (Å²) in [6, 6.07) is 13.2. The molecule has 30 heavy (non-hydrogen) atoms. The van der Waals surface area contributed by atoms with Crippen molar-refractivity contribution in [1.29, 1.82) is 0 Å². The van der Waals surface area contributed by atoms with Crippen LogP contribution in [0.1, 0.15) is 5.56 Å². The van der Waals surface area contributed by atoms with E-state index in [2.05, 4.69) is 20.5 Å². The molecular formula is C22H22N4O4. The molecule has 0 fully saturated rings. The first-order valence-electron chi connectivity index (χ1n) is 9.53. The van der Waals surface area contributed by atoms with Crippen molar-refractivity contribution in [3.8, 4) is 22.7 Å². The number of aromatic nitrogens is 3. The fourth-order valence-electron chi connectivity index (χ4n) is 3.09. The summed E-state index contributed by atoms with van der Waals surface area (Å²) in [6.07, 6.45) is 1.77. The number of aromatic amines is 1. The highest BCUT2D eigenvalue weighted by Crippen LogP contribution is 2.32. The summed E-state index contributed by atoms with van der Waals surface area (Å²) in [6.45, 7) is 2.81. The number of para-hydroxylation sites is 1. The summed E-state index contributed by atoms with van der Waals surface area (Å²) >= 11 is 0. The maximum Gasteiger partial charge on any atom is 0.250 e. The molecule has 0 atom stereocenters. The van der Waals surface area contributed by atoms with Gasteiger partial charge >= 0.3 is 0 Å². The molecule has 2 N–H and O–H groups in total. The molecule has 4 aromatic rings. The van der Waals surface area contributed by atoms with E-state index in [4.69, 9.17) is 13.9 Å². The fourth-order valence-corrected chi connectivity index (χ4v) is 3.09. The number of fused-ring (bicyclic) bond motifs is 1. The minimum atomic E-state index is -0.221. The molecule has 0 aliphatic heterocycles. The van der Waals surface area contributed by atoms with E-state index in [0.717, 1.165) is 33.5 Å². The van der Waals surface area contributed by atoms with E-state index in [1.165, 1.54) is 0 Å². The number of ether oxygens (including phenoxy) is 2. The van der Waals surface area contributed by atoms with Gasteiger partial charge in [-0.05, 0) is 30.7 Å². The third kappa shape index (κ3) is 4.24. The zero-order chi connectivity index (χ0) is 20.9. The highest BCUT2D eigenvalue weighted by Gasteiger charge is 2.17. The Morgan fingerprint density at radius 3 is 2.77 bits per heavy atom. The molecule has 0 spiro atoms. The molecule has 0 radical (unpaired) electrons. The number of amides is 1. The lowest BCUT2D eigenvalue weighted by atomic mass is 10.1. The zero-order valence-electron chi connectivity index (χ0n) is 16.8. The Balaban J connectivity index is 1.50. The molecule has 4 rings (SSSR count). The fraction of sp³-hybridized carbons (Fsp3) is 0.227. The number of aryl methyl sites for hydroxylation is 1. The van der Waals surface area contributed by atoms with Crippen LogP contribution >= 0.6 is 0 Å². The second-order valence-corrected chi connectivity index (χ2v) is 6.76. The van der Waals surface area contributed by atoms with Gasteiger partial charge in [0.1, 0.15) is 17.8 Å². The van der Waals surface area contributed by atoms with Gasteiger partial charge in [0, 0.05) is 24.6 Å². The van der Waals surface area contributed by atoms with E-state index in [-0.39, 0.29) is 12.5 Å². The average Bonchev–Trinajstić information content (AvgIpc) is 3.39. The van der Waals surface area contributed by atoms with Crippen molar-refractivity contribution in [3.63, 3.8) is 0 Å². The molecule has 0 aliphatic rings. The van der Waals surface area contributed by atoms with Crippen molar-refractivity contribution in [2.75, 3.05) is 32.2 Å². The Bertz CT molecular complexity index is 1150. The predicted octanol–water partition coefficient (Wildman–Crippen LogP) is 3.79. The van der Waals surface area contributed by atoms with Gasteiger partial charge in [-0.25, -0.2) is 4.98 Å². The summed E-state index contributed by atoms with van der Waals surface area (Å²) in [4.78, 5) is 16.6. The number of nitrogens with zero attached hydrogens (tertiary/aromatic N) is 2. The quantitative estimate of drug-likeness (QED) is 0.432. The lowest BCUT2D eigenvalue weighted by molar-refractivity contribution is -0.121. The molecule has 0 saturated heterocycles. The molecule has 8 nitrogen and oxygen atoms in total. The third-order valence-corrected chi connectivity index (χ3v) is 4.60. The number of hydrogen-bond donors (Lipinski definition) is 2. The number of nitrogens with one attached hydrogen (secondary N) is 2. The SMILES string of the molecule is COCCOCC(=O)Nc1ccc(-c2n[nH]cc2-c2nc3c(C)cccc3o2)cc1. The Hall–Kier alpha value is -3.49. The molecule has 0 aliphatic carbocycles. The van der Waals surface area contributed by atoms with Gasteiger partial charge in [0.25, 0.3) is 0 Å². The first kappa shape index (κ1) is 19.8. The van der Waals surface area contributed by atoms with E-state index >= 15 is 0 Å². The molecule has 8 heteroatoms. The number of H-pyrrole nitrogens is 1. The highest BCUT2D eigenvalue weighted by atomic mass is 16.5. The van der Waals surface area contributed by atoms with E-state index < -0.39 is 0 Å². The van der Waals surface area contributed by atoms with E-state index in [0.29, 0.717) is 24.8 Å². The van der Waals surface area contributed by atoms with E-state index in [1.54, 1.807) is 13.3 Å². The molecule has 1 amide bonds. The number of carbonyl (C=O) groups excluding carboxylic acids is 1. The van der Waals surface area contributed by atoms with Gasteiger partial charge in [-0.3, -0.25) is 9.89 Å². The Morgan fingerprint density at radius 1 is 1.17 bits per heavy atom. The van der Waals surface area contributed by atoms with Gasteiger partial charge in [0.15, 0.2) is 5.58 Å². The van der Waals surface area contributed by atoms with Gasteiger partial charge in [0.05, 0.1) is 18.8 Å². The number of hydrogen-bond acceptors (Lipinski definition) is 6. The minimum Gasteiger partial charge on any atom is -0.436 e. The number of rotatable bonds is 8. The highest BCUT2D eigenvalue weighted by molar-refractivity contribution is 5.92. The van der Waals surface area contributed by atoms with Crippen molar-refractivity contribution >= 4 is 22.7 Å². The lowest BCUT2D eigenvalue weighted by Crippen LogP contribution is -2.19. The molecule has 0 bridgehead atoms. The molecule has 154 valence electrons. The minimum absolute atomic E-state index is 0.0221. The van der Waals surface area contributed by atoms with Crippen LogP contribution in [0.4, 0.5) is 5.69 Å². The standard InChI is InChI=1S/C22H22N4O4/c1-14-4-3-5-18-20(14)25-22(30-18)17-12-23-26-21(17)15-6-8-16(9-7-15)24-19(27)13-29-11-10-28-2/h3-9,12H,10-11,13H2,1-2H3,(H,23,26)(H,24,27). The Labute approximate surface area is 173 Å². The van der Waals surface area contributed by atoms with Gasteiger partial charge in [-0.15, -0.1) is 0 Å². The normalized spacial score (nSPS) is 11.1. The van der Waals surface area contributed by atoms with Gasteiger partial charge in [-0.1, -0.05) is 24.3 Å². The van der Waals surface area contributed by atoms with Crippen molar-refractivity contribution in [2.45, 2.75) is 6.92 Å². The lowest BCUT2D eigenvalue weighted by Gasteiger charge is -2.07. The van der Waals surface area contributed by atoms with Crippen molar-refractivity contribution in [2.24, 2.45) is 0 Å². The molecule has 2 heterocycles. The number of methoxy groups -OCH3 is 1. The number of carbonyl (C=O) groups is 1. The molecule has 0 saturated carbocycles. The first-order chi connectivity index (χ1) is 14.7. The van der Waals surface area contributed by atoms with Crippen molar-refractivity contribution in [1.82, 2.24) is 15.2 Å². The average molecular weight is 406 g/mol. The predicted molar refractivity (Wildman–Crippen MR) is 113 cm³/mol. The van der Waals surface area contributed by atoms with Gasteiger partial charge < -0.3 is 19.2 Å². The van der Waals surface area contributed by atoms with E-state index in [9.17, 15) is 4.79 Å². The van der Waals surface area contributed by atoms with Crippen LogP contribution in [0.15, 0.2) is 53.1 Å². The van der Waals surface area contributed by atoms with Crippen LogP contribution in [0, 0.1) is 6.92 Å². The van der Waals surface area contributed by atoms with Crippen LogP contribution in [0.25, 0.3) is 33.8 Å². The Kier molecular flexibility index (Phi) is 5.87.